The molecule has 7 heteroatoms. The number of rotatable bonds is 8. The first-order chi connectivity index (χ1) is 16.0. The molecule has 0 aliphatic heterocycles. The lowest BCUT2D eigenvalue weighted by molar-refractivity contribution is -0.140. The molecule has 3 N–H and O–H groups in total. The SMILES string of the molecule is O=C(O)CC1(CNC(=O)CNC(=O)OCC2c3ccccc3-c3ccccc32)CCCCC1. The Balaban J connectivity index is 1.26. The average molecular weight is 451 g/mol. The quantitative estimate of drug-likeness (QED) is 0.562. The largest absolute Gasteiger partial charge is 0.481 e. The molecule has 2 aromatic carbocycles. The molecule has 2 amide bonds. The highest BCUT2D eigenvalue weighted by Crippen LogP contribution is 2.44. The summed E-state index contributed by atoms with van der Waals surface area (Å²) in [5, 5.41) is 14.6. The van der Waals surface area contributed by atoms with E-state index in [4.69, 9.17) is 4.74 Å². The van der Waals surface area contributed by atoms with Crippen molar-refractivity contribution < 1.29 is 24.2 Å². The van der Waals surface area contributed by atoms with Gasteiger partial charge in [0.15, 0.2) is 0 Å². The topological polar surface area (TPSA) is 105 Å². The molecule has 0 radical (unpaired) electrons. The lowest BCUT2D eigenvalue weighted by Gasteiger charge is -2.36. The van der Waals surface area contributed by atoms with Crippen molar-refractivity contribution in [2.45, 2.75) is 44.4 Å². The van der Waals surface area contributed by atoms with E-state index in [0.717, 1.165) is 54.4 Å². The Labute approximate surface area is 193 Å². The van der Waals surface area contributed by atoms with Crippen LogP contribution >= 0.6 is 0 Å². The van der Waals surface area contributed by atoms with Gasteiger partial charge in [0.1, 0.15) is 6.61 Å². The molecular formula is C26H30N2O5. The summed E-state index contributed by atoms with van der Waals surface area (Å²) >= 11 is 0. The average Bonchev–Trinajstić information content (AvgIpc) is 3.14. The van der Waals surface area contributed by atoms with Crippen LogP contribution in [-0.4, -0.2) is 42.8 Å². The molecule has 4 rings (SSSR count). The summed E-state index contributed by atoms with van der Waals surface area (Å²) in [5.74, 6) is -1.24. The summed E-state index contributed by atoms with van der Waals surface area (Å²) < 4.78 is 5.45. The van der Waals surface area contributed by atoms with Gasteiger partial charge in [-0.1, -0.05) is 67.8 Å². The summed E-state index contributed by atoms with van der Waals surface area (Å²) in [4.78, 5) is 35.8. The standard InChI is InChI=1S/C26H30N2O5/c29-23(28-17-26(14-24(30)31)12-6-1-7-13-26)15-27-25(32)33-16-22-20-10-4-2-8-18(20)19-9-3-5-11-21(19)22/h2-5,8-11,22H,1,6-7,12-17H2,(H,27,32)(H,28,29)(H,30,31). The molecule has 0 unspecified atom stereocenters. The summed E-state index contributed by atoms with van der Waals surface area (Å²) in [6.45, 7) is 0.285. The number of aliphatic carboxylic acids is 1. The summed E-state index contributed by atoms with van der Waals surface area (Å²) in [6, 6.07) is 16.2. The van der Waals surface area contributed by atoms with Crippen LogP contribution in [0.5, 0.6) is 0 Å². The zero-order chi connectivity index (χ0) is 23.3. The first-order valence-corrected chi connectivity index (χ1v) is 11.5. The van der Waals surface area contributed by atoms with Gasteiger partial charge in [-0.2, -0.15) is 0 Å². The Morgan fingerprint density at radius 3 is 2.12 bits per heavy atom. The number of alkyl carbamates (subject to hydrolysis) is 1. The normalized spacial score (nSPS) is 16.4. The van der Waals surface area contributed by atoms with Gasteiger partial charge >= 0.3 is 12.1 Å². The number of carbonyl (C=O) groups excluding carboxylic acids is 2. The van der Waals surface area contributed by atoms with Gasteiger partial charge in [0, 0.05) is 12.5 Å². The number of carboxylic acids is 1. The highest BCUT2D eigenvalue weighted by Gasteiger charge is 2.35. The van der Waals surface area contributed by atoms with Gasteiger partial charge in [-0.15, -0.1) is 0 Å². The molecule has 0 spiro atoms. The van der Waals surface area contributed by atoms with Crippen LogP contribution in [0.3, 0.4) is 0 Å². The number of hydrogen-bond donors (Lipinski definition) is 3. The molecule has 33 heavy (non-hydrogen) atoms. The van der Waals surface area contributed by atoms with Crippen molar-refractivity contribution >= 4 is 18.0 Å². The third kappa shape index (κ3) is 5.35. The van der Waals surface area contributed by atoms with Crippen molar-refractivity contribution in [3.05, 3.63) is 59.7 Å². The predicted molar refractivity (Wildman–Crippen MR) is 124 cm³/mol. The van der Waals surface area contributed by atoms with Crippen LogP contribution in [0.15, 0.2) is 48.5 Å². The fourth-order valence-electron chi connectivity index (χ4n) is 5.19. The molecule has 2 aliphatic rings. The van der Waals surface area contributed by atoms with Gasteiger partial charge in [0.25, 0.3) is 0 Å². The number of fused-ring (bicyclic) bond motifs is 3. The maximum Gasteiger partial charge on any atom is 0.407 e. The molecule has 1 saturated carbocycles. The summed E-state index contributed by atoms with van der Waals surface area (Å²) in [5.41, 5.74) is 4.16. The van der Waals surface area contributed by atoms with E-state index in [2.05, 4.69) is 22.8 Å². The Kier molecular flexibility index (Phi) is 6.96. The number of nitrogens with one attached hydrogen (secondary N) is 2. The lowest BCUT2D eigenvalue weighted by atomic mass is 9.71. The van der Waals surface area contributed by atoms with Crippen LogP contribution in [0.4, 0.5) is 4.79 Å². The van der Waals surface area contributed by atoms with Gasteiger partial charge in [0.05, 0.1) is 13.0 Å². The Morgan fingerprint density at radius 2 is 1.52 bits per heavy atom. The smallest absolute Gasteiger partial charge is 0.407 e. The predicted octanol–water partition coefficient (Wildman–Crippen LogP) is 4.07. The van der Waals surface area contributed by atoms with Gasteiger partial charge < -0.3 is 20.5 Å². The second kappa shape index (κ2) is 10.1. The number of carboxylic acid groups (broad SMARTS) is 1. The maximum atomic E-state index is 12.3. The van der Waals surface area contributed by atoms with Gasteiger partial charge in [-0.05, 0) is 40.5 Å². The third-order valence-electron chi connectivity index (χ3n) is 6.84. The molecule has 0 saturated heterocycles. The van der Waals surface area contributed by atoms with Crippen molar-refractivity contribution in [2.75, 3.05) is 19.7 Å². The van der Waals surface area contributed by atoms with Gasteiger partial charge in [0.2, 0.25) is 5.91 Å². The molecule has 2 aliphatic carbocycles. The van der Waals surface area contributed by atoms with Crippen molar-refractivity contribution in [1.29, 1.82) is 0 Å². The van der Waals surface area contributed by atoms with Crippen LogP contribution in [0.1, 0.15) is 55.6 Å². The molecule has 0 aromatic heterocycles. The Morgan fingerprint density at radius 1 is 0.909 bits per heavy atom. The van der Waals surface area contributed by atoms with Crippen molar-refractivity contribution in [1.82, 2.24) is 10.6 Å². The van der Waals surface area contributed by atoms with Crippen LogP contribution in [0.25, 0.3) is 11.1 Å². The number of hydrogen-bond acceptors (Lipinski definition) is 4. The number of benzene rings is 2. The minimum Gasteiger partial charge on any atom is -0.481 e. The Hall–Kier alpha value is -3.35. The van der Waals surface area contributed by atoms with Gasteiger partial charge in [-0.25, -0.2) is 4.79 Å². The van der Waals surface area contributed by atoms with E-state index < -0.39 is 17.5 Å². The molecule has 1 fully saturated rings. The summed E-state index contributed by atoms with van der Waals surface area (Å²) in [7, 11) is 0. The maximum absolute atomic E-state index is 12.3. The van der Waals surface area contributed by atoms with E-state index in [-0.39, 0.29) is 31.4 Å². The number of amides is 2. The first-order valence-electron chi connectivity index (χ1n) is 11.5. The van der Waals surface area contributed by atoms with Crippen LogP contribution in [-0.2, 0) is 14.3 Å². The van der Waals surface area contributed by atoms with E-state index in [1.54, 1.807) is 0 Å². The monoisotopic (exact) mass is 450 g/mol. The molecule has 174 valence electrons. The lowest BCUT2D eigenvalue weighted by Crippen LogP contribution is -2.44. The minimum absolute atomic E-state index is 0.0424. The van der Waals surface area contributed by atoms with E-state index in [0.29, 0.717) is 6.54 Å². The minimum atomic E-state index is -0.845. The zero-order valence-electron chi connectivity index (χ0n) is 18.6. The van der Waals surface area contributed by atoms with E-state index >= 15 is 0 Å². The van der Waals surface area contributed by atoms with E-state index in [1.807, 2.05) is 36.4 Å². The number of carbonyl (C=O) groups is 3. The molecule has 0 heterocycles. The molecule has 2 aromatic rings. The molecular weight excluding hydrogens is 420 g/mol. The second-order valence-electron chi connectivity index (χ2n) is 9.09. The zero-order valence-corrected chi connectivity index (χ0v) is 18.6. The first kappa shape index (κ1) is 22.8. The number of ether oxygens (including phenoxy) is 1. The van der Waals surface area contributed by atoms with Crippen LogP contribution < -0.4 is 10.6 Å². The molecule has 7 nitrogen and oxygen atoms in total. The van der Waals surface area contributed by atoms with E-state index in [1.165, 1.54) is 0 Å². The van der Waals surface area contributed by atoms with Crippen molar-refractivity contribution in [3.63, 3.8) is 0 Å². The summed E-state index contributed by atoms with van der Waals surface area (Å²) in [6.07, 6.45) is 4.03. The fraction of sp³-hybridized carbons (Fsp3) is 0.423. The second-order valence-corrected chi connectivity index (χ2v) is 9.09. The van der Waals surface area contributed by atoms with Crippen molar-refractivity contribution in [2.24, 2.45) is 5.41 Å². The Bertz CT molecular complexity index is 983. The highest BCUT2D eigenvalue weighted by atomic mass is 16.5. The highest BCUT2D eigenvalue weighted by molar-refractivity contribution is 5.82. The van der Waals surface area contributed by atoms with Crippen LogP contribution in [0, 0.1) is 5.41 Å². The van der Waals surface area contributed by atoms with Gasteiger partial charge in [-0.3, -0.25) is 9.59 Å². The molecule has 0 bridgehead atoms. The fourth-order valence-corrected chi connectivity index (χ4v) is 5.19. The third-order valence-corrected chi connectivity index (χ3v) is 6.84. The molecule has 0 atom stereocenters. The van der Waals surface area contributed by atoms with E-state index in [9.17, 15) is 19.5 Å². The van der Waals surface area contributed by atoms with Crippen LogP contribution in [0.2, 0.25) is 0 Å². The van der Waals surface area contributed by atoms with Crippen molar-refractivity contribution in [3.8, 4) is 11.1 Å².